The average molecular weight is 361 g/mol. The molecule has 0 spiro atoms. The van der Waals surface area contributed by atoms with Gasteiger partial charge in [-0.3, -0.25) is 9.59 Å². The van der Waals surface area contributed by atoms with Gasteiger partial charge in [-0.15, -0.1) is 0 Å². The lowest BCUT2D eigenvalue weighted by Gasteiger charge is -2.13. The molecule has 2 aromatic carbocycles. The molecule has 1 fully saturated rings. The Hall–Kier alpha value is -3.21. The number of para-hydroxylation sites is 1. The van der Waals surface area contributed by atoms with Crippen molar-refractivity contribution < 1.29 is 19.1 Å². The van der Waals surface area contributed by atoms with Crippen LogP contribution in [0.15, 0.2) is 60.7 Å². The maximum absolute atomic E-state index is 12.4. The van der Waals surface area contributed by atoms with Gasteiger partial charge in [-0.2, -0.15) is 0 Å². The highest BCUT2D eigenvalue weighted by Crippen LogP contribution is 2.34. The fourth-order valence-corrected chi connectivity index (χ4v) is 3.21. The fourth-order valence-electron chi connectivity index (χ4n) is 3.21. The van der Waals surface area contributed by atoms with Crippen LogP contribution in [0, 0.1) is 0 Å². The van der Waals surface area contributed by atoms with Crippen LogP contribution in [0.4, 0.5) is 0 Å². The number of ketones is 1. The Morgan fingerprint density at radius 2 is 1.74 bits per heavy atom. The molecule has 0 aliphatic carbocycles. The predicted molar refractivity (Wildman–Crippen MR) is 100 cm³/mol. The number of carbonyl (C=O) groups is 2. The van der Waals surface area contributed by atoms with Gasteiger partial charge in [0.05, 0.1) is 11.2 Å². The summed E-state index contributed by atoms with van der Waals surface area (Å²) in [5, 5.41) is 1.08. The molecule has 0 bridgehead atoms. The first-order valence-corrected chi connectivity index (χ1v) is 8.79. The lowest BCUT2D eigenvalue weighted by atomic mass is 9.90. The van der Waals surface area contributed by atoms with Crippen LogP contribution in [0.1, 0.15) is 31.0 Å². The molecule has 0 amide bonds. The normalized spacial score (nSPS) is 18.5. The first-order valence-electron chi connectivity index (χ1n) is 8.79. The smallest absolute Gasteiger partial charge is 0.322 e. The topological polar surface area (TPSA) is 65.5 Å². The highest BCUT2D eigenvalue weighted by molar-refractivity contribution is 6.13. The molecule has 27 heavy (non-hydrogen) atoms. The molecule has 1 atom stereocenters. The molecule has 3 aromatic rings. The quantitative estimate of drug-likeness (QED) is 0.522. The standard InChI is InChI=1S/C22H19NO4/c1-22(2)20(24)19(21(25)27-22)15-8-11-17(12-9-15)26-13-16-10-7-14-5-3-4-6-18(14)23-16/h3-12,19H,13H2,1-2H3. The van der Waals surface area contributed by atoms with Crippen molar-refractivity contribution >= 4 is 22.7 Å². The Balaban J connectivity index is 1.46. The second-order valence-corrected chi connectivity index (χ2v) is 7.08. The molecule has 2 heterocycles. The van der Waals surface area contributed by atoms with Gasteiger partial charge >= 0.3 is 5.97 Å². The number of Topliss-reactive ketones (excluding diaryl/α,β-unsaturated/α-hetero) is 1. The van der Waals surface area contributed by atoms with E-state index in [1.54, 1.807) is 38.1 Å². The molecule has 1 unspecified atom stereocenters. The number of cyclic esters (lactones) is 1. The van der Waals surface area contributed by atoms with Crippen molar-refractivity contribution in [3.05, 3.63) is 71.9 Å². The van der Waals surface area contributed by atoms with Crippen molar-refractivity contribution in [1.29, 1.82) is 0 Å². The molecule has 1 aliphatic heterocycles. The number of aromatic nitrogens is 1. The number of rotatable bonds is 4. The van der Waals surface area contributed by atoms with Crippen LogP contribution in [-0.4, -0.2) is 22.3 Å². The summed E-state index contributed by atoms with van der Waals surface area (Å²) in [5.74, 6) is -0.941. The molecule has 136 valence electrons. The summed E-state index contributed by atoms with van der Waals surface area (Å²) in [4.78, 5) is 29.0. The highest BCUT2D eigenvalue weighted by atomic mass is 16.6. The summed E-state index contributed by atoms with van der Waals surface area (Å²) < 4.78 is 11.0. The van der Waals surface area contributed by atoms with Crippen molar-refractivity contribution in [2.75, 3.05) is 0 Å². The van der Waals surface area contributed by atoms with Crippen molar-refractivity contribution in [1.82, 2.24) is 4.98 Å². The number of pyridine rings is 1. The van der Waals surface area contributed by atoms with Gasteiger partial charge in [0.25, 0.3) is 0 Å². The molecule has 0 N–H and O–H groups in total. The van der Waals surface area contributed by atoms with Crippen molar-refractivity contribution in [3.63, 3.8) is 0 Å². The number of benzene rings is 2. The Bertz CT molecular complexity index is 1020. The third-order valence-corrected chi connectivity index (χ3v) is 4.70. The molecule has 5 heteroatoms. The van der Waals surface area contributed by atoms with Crippen LogP contribution in [0.3, 0.4) is 0 Å². The maximum Gasteiger partial charge on any atom is 0.322 e. The molecule has 1 aliphatic rings. The highest BCUT2D eigenvalue weighted by Gasteiger charge is 2.49. The summed E-state index contributed by atoms with van der Waals surface area (Å²) >= 11 is 0. The van der Waals surface area contributed by atoms with E-state index in [0.29, 0.717) is 17.9 Å². The van der Waals surface area contributed by atoms with E-state index in [4.69, 9.17) is 9.47 Å². The fraction of sp³-hybridized carbons (Fsp3) is 0.227. The molecule has 0 saturated carbocycles. The predicted octanol–water partition coefficient (Wildman–Crippen LogP) is 3.80. The summed E-state index contributed by atoms with van der Waals surface area (Å²) in [5.41, 5.74) is 1.30. The van der Waals surface area contributed by atoms with E-state index in [1.807, 2.05) is 36.4 Å². The first-order chi connectivity index (χ1) is 12.9. The minimum absolute atomic E-state index is 0.221. The van der Waals surface area contributed by atoms with Gasteiger partial charge in [0.1, 0.15) is 18.3 Å². The van der Waals surface area contributed by atoms with Crippen LogP contribution < -0.4 is 4.74 Å². The van der Waals surface area contributed by atoms with Crippen molar-refractivity contribution in [3.8, 4) is 5.75 Å². The van der Waals surface area contributed by atoms with Gasteiger partial charge in [0.15, 0.2) is 11.4 Å². The van der Waals surface area contributed by atoms with Gasteiger partial charge in [-0.25, -0.2) is 4.98 Å². The van der Waals surface area contributed by atoms with E-state index >= 15 is 0 Å². The van der Waals surface area contributed by atoms with Crippen LogP contribution in [0.5, 0.6) is 5.75 Å². The van der Waals surface area contributed by atoms with E-state index < -0.39 is 17.5 Å². The van der Waals surface area contributed by atoms with Crippen LogP contribution in [-0.2, 0) is 20.9 Å². The van der Waals surface area contributed by atoms with Crippen molar-refractivity contribution in [2.45, 2.75) is 32.0 Å². The molecular weight excluding hydrogens is 342 g/mol. The number of nitrogens with zero attached hydrogens (tertiary/aromatic N) is 1. The van der Waals surface area contributed by atoms with E-state index in [-0.39, 0.29) is 5.78 Å². The van der Waals surface area contributed by atoms with E-state index in [0.717, 1.165) is 16.6 Å². The van der Waals surface area contributed by atoms with E-state index in [1.165, 1.54) is 0 Å². The number of hydrogen-bond acceptors (Lipinski definition) is 5. The number of hydrogen-bond donors (Lipinski definition) is 0. The molecule has 5 nitrogen and oxygen atoms in total. The number of esters is 1. The van der Waals surface area contributed by atoms with Gasteiger partial charge in [0, 0.05) is 5.39 Å². The zero-order chi connectivity index (χ0) is 19.0. The Morgan fingerprint density at radius 1 is 1.00 bits per heavy atom. The molecular formula is C22H19NO4. The second-order valence-electron chi connectivity index (χ2n) is 7.08. The van der Waals surface area contributed by atoms with Gasteiger partial charge in [0.2, 0.25) is 0 Å². The Labute approximate surface area is 156 Å². The second kappa shape index (κ2) is 6.50. The first kappa shape index (κ1) is 17.2. The SMILES string of the molecule is CC1(C)OC(=O)C(c2ccc(OCc3ccc4ccccc4n3)cc2)C1=O. The molecule has 0 radical (unpaired) electrons. The van der Waals surface area contributed by atoms with Crippen LogP contribution in [0.2, 0.25) is 0 Å². The third kappa shape index (κ3) is 3.28. The largest absolute Gasteiger partial charge is 0.487 e. The lowest BCUT2D eigenvalue weighted by Crippen LogP contribution is -2.29. The third-order valence-electron chi connectivity index (χ3n) is 4.70. The average Bonchev–Trinajstić information content (AvgIpc) is 2.87. The summed E-state index contributed by atoms with van der Waals surface area (Å²) in [6.45, 7) is 3.56. The van der Waals surface area contributed by atoms with E-state index in [9.17, 15) is 9.59 Å². The number of carbonyl (C=O) groups excluding carboxylic acids is 2. The molecule has 1 saturated heterocycles. The van der Waals surface area contributed by atoms with E-state index in [2.05, 4.69) is 4.98 Å². The summed E-state index contributed by atoms with van der Waals surface area (Å²) in [6, 6.07) is 18.8. The zero-order valence-electron chi connectivity index (χ0n) is 15.1. The number of fused-ring (bicyclic) bond motifs is 1. The Morgan fingerprint density at radius 3 is 2.44 bits per heavy atom. The summed E-state index contributed by atoms with van der Waals surface area (Å²) in [6.07, 6.45) is 0. The maximum atomic E-state index is 12.4. The van der Waals surface area contributed by atoms with Crippen LogP contribution in [0.25, 0.3) is 10.9 Å². The molecule has 4 rings (SSSR count). The van der Waals surface area contributed by atoms with Gasteiger partial charge < -0.3 is 9.47 Å². The minimum Gasteiger partial charge on any atom is -0.487 e. The molecule has 1 aromatic heterocycles. The van der Waals surface area contributed by atoms with Crippen molar-refractivity contribution in [2.24, 2.45) is 0 Å². The minimum atomic E-state index is -1.07. The lowest BCUT2D eigenvalue weighted by molar-refractivity contribution is -0.148. The van der Waals surface area contributed by atoms with Gasteiger partial charge in [-0.1, -0.05) is 36.4 Å². The van der Waals surface area contributed by atoms with Crippen LogP contribution >= 0.6 is 0 Å². The Kier molecular flexibility index (Phi) is 4.15. The zero-order valence-corrected chi connectivity index (χ0v) is 15.1. The summed E-state index contributed by atoms with van der Waals surface area (Å²) in [7, 11) is 0. The van der Waals surface area contributed by atoms with Gasteiger partial charge in [-0.05, 0) is 43.7 Å². The number of ether oxygens (including phenoxy) is 2. The monoisotopic (exact) mass is 361 g/mol.